The minimum absolute atomic E-state index is 0.116. The van der Waals surface area contributed by atoms with Gasteiger partial charge in [-0.25, -0.2) is 0 Å². The molecule has 0 fully saturated rings. The second-order valence-electron chi connectivity index (χ2n) is 3.03. The number of methoxy groups -OCH3 is 1. The van der Waals surface area contributed by atoms with Crippen LogP contribution in [-0.2, 0) is 6.18 Å². The molecular formula is C9H8BrF3N2OS. The van der Waals surface area contributed by atoms with Crippen LogP contribution in [0.15, 0.2) is 16.6 Å². The monoisotopic (exact) mass is 328 g/mol. The highest BCUT2D eigenvalue weighted by Crippen LogP contribution is 2.42. The van der Waals surface area contributed by atoms with Crippen LogP contribution in [0.25, 0.3) is 0 Å². The van der Waals surface area contributed by atoms with Gasteiger partial charge >= 0.3 is 6.18 Å². The normalized spacial score (nSPS) is 11.1. The standard InChI is InChI=1S/C9H8BrF3N2OS/c1-16-7-5(9(11,12)13)2-4(3-6(7)10)15-8(14)17/h2-3H,1H3,(H3,14,15,17). The Labute approximate surface area is 109 Å². The average Bonchev–Trinajstić information content (AvgIpc) is 2.14. The SMILES string of the molecule is COc1c(Br)cc(NC(N)=S)cc1C(F)(F)F. The van der Waals surface area contributed by atoms with E-state index in [4.69, 9.17) is 10.5 Å². The number of thiocarbonyl (C=S) groups is 1. The molecule has 1 aromatic rings. The van der Waals surface area contributed by atoms with Gasteiger partial charge in [-0.3, -0.25) is 0 Å². The van der Waals surface area contributed by atoms with E-state index in [1.165, 1.54) is 6.07 Å². The van der Waals surface area contributed by atoms with Gasteiger partial charge in [-0.2, -0.15) is 13.2 Å². The smallest absolute Gasteiger partial charge is 0.420 e. The summed E-state index contributed by atoms with van der Waals surface area (Å²) in [7, 11) is 1.16. The van der Waals surface area contributed by atoms with Crippen molar-refractivity contribution in [3.63, 3.8) is 0 Å². The molecule has 0 atom stereocenters. The Balaban J connectivity index is 3.34. The molecule has 0 saturated heterocycles. The van der Waals surface area contributed by atoms with Gasteiger partial charge in [0, 0.05) is 5.69 Å². The van der Waals surface area contributed by atoms with Gasteiger partial charge in [0.15, 0.2) is 5.11 Å². The van der Waals surface area contributed by atoms with Gasteiger partial charge in [0.25, 0.3) is 0 Å². The summed E-state index contributed by atoms with van der Waals surface area (Å²) in [4.78, 5) is 0. The molecule has 0 saturated carbocycles. The average molecular weight is 329 g/mol. The summed E-state index contributed by atoms with van der Waals surface area (Å²) in [5.41, 5.74) is 4.42. The highest BCUT2D eigenvalue weighted by atomic mass is 79.9. The number of halogens is 4. The van der Waals surface area contributed by atoms with Crippen LogP contribution in [0, 0.1) is 0 Å². The predicted molar refractivity (Wildman–Crippen MR) is 66.1 cm³/mol. The van der Waals surface area contributed by atoms with Crippen molar-refractivity contribution in [2.24, 2.45) is 5.73 Å². The molecule has 3 nitrogen and oxygen atoms in total. The first kappa shape index (κ1) is 14.0. The summed E-state index contributed by atoms with van der Waals surface area (Å²) in [6.45, 7) is 0. The van der Waals surface area contributed by atoms with Gasteiger partial charge < -0.3 is 15.8 Å². The van der Waals surface area contributed by atoms with E-state index in [1.807, 2.05) is 0 Å². The summed E-state index contributed by atoms with van der Waals surface area (Å²) in [5.74, 6) is -0.286. The zero-order valence-electron chi connectivity index (χ0n) is 8.56. The first-order valence-corrected chi connectivity index (χ1v) is 5.47. The van der Waals surface area contributed by atoms with Gasteiger partial charge in [-0.15, -0.1) is 0 Å². The van der Waals surface area contributed by atoms with E-state index in [0.717, 1.165) is 13.2 Å². The Kier molecular flexibility index (Phi) is 4.21. The molecule has 8 heteroatoms. The lowest BCUT2D eigenvalue weighted by Gasteiger charge is -2.15. The molecule has 0 spiro atoms. The summed E-state index contributed by atoms with van der Waals surface area (Å²) in [5, 5.41) is 2.32. The Morgan fingerprint density at radius 3 is 2.47 bits per heavy atom. The highest BCUT2D eigenvalue weighted by Gasteiger charge is 2.35. The molecule has 0 aliphatic carbocycles. The van der Waals surface area contributed by atoms with Crippen molar-refractivity contribution in [3.05, 3.63) is 22.2 Å². The van der Waals surface area contributed by atoms with Crippen LogP contribution in [0.4, 0.5) is 18.9 Å². The van der Waals surface area contributed by atoms with E-state index >= 15 is 0 Å². The fraction of sp³-hybridized carbons (Fsp3) is 0.222. The van der Waals surface area contributed by atoms with Gasteiger partial charge in [0.2, 0.25) is 0 Å². The van der Waals surface area contributed by atoms with Gasteiger partial charge in [0.05, 0.1) is 11.6 Å². The fourth-order valence-electron chi connectivity index (χ4n) is 1.23. The number of alkyl halides is 3. The zero-order chi connectivity index (χ0) is 13.2. The first-order chi connectivity index (χ1) is 7.75. The summed E-state index contributed by atoms with van der Waals surface area (Å²) < 4.78 is 43.1. The number of rotatable bonds is 2. The van der Waals surface area contributed by atoms with Gasteiger partial charge in [-0.05, 0) is 40.3 Å². The molecule has 17 heavy (non-hydrogen) atoms. The van der Waals surface area contributed by atoms with Crippen molar-refractivity contribution in [1.29, 1.82) is 0 Å². The molecule has 0 unspecified atom stereocenters. The molecule has 94 valence electrons. The quantitative estimate of drug-likeness (QED) is 0.819. The predicted octanol–water partition coefficient (Wildman–Crippen LogP) is 3.13. The second kappa shape index (κ2) is 5.09. The molecule has 0 aromatic heterocycles. The van der Waals surface area contributed by atoms with Gasteiger partial charge in [-0.1, -0.05) is 0 Å². The van der Waals surface area contributed by atoms with Crippen LogP contribution in [0.5, 0.6) is 5.75 Å². The fourth-order valence-corrected chi connectivity index (χ4v) is 1.97. The van der Waals surface area contributed by atoms with E-state index in [0.29, 0.717) is 0 Å². The number of hydrogen-bond donors (Lipinski definition) is 2. The zero-order valence-corrected chi connectivity index (χ0v) is 11.0. The number of ether oxygens (including phenoxy) is 1. The summed E-state index contributed by atoms with van der Waals surface area (Å²) in [6.07, 6.45) is -4.53. The molecule has 1 aromatic carbocycles. The second-order valence-corrected chi connectivity index (χ2v) is 4.32. The Bertz CT molecular complexity index is 451. The summed E-state index contributed by atoms with van der Waals surface area (Å²) >= 11 is 7.55. The Morgan fingerprint density at radius 2 is 2.06 bits per heavy atom. The number of anilines is 1. The van der Waals surface area contributed by atoms with Crippen molar-refractivity contribution in [2.45, 2.75) is 6.18 Å². The molecule has 0 radical (unpaired) electrons. The van der Waals surface area contributed by atoms with E-state index in [9.17, 15) is 13.2 Å². The molecule has 0 aliphatic heterocycles. The maximum Gasteiger partial charge on any atom is 0.420 e. The van der Waals surface area contributed by atoms with Crippen LogP contribution in [-0.4, -0.2) is 12.2 Å². The van der Waals surface area contributed by atoms with Crippen molar-refractivity contribution >= 4 is 38.9 Å². The molecule has 0 heterocycles. The van der Waals surface area contributed by atoms with E-state index in [2.05, 4.69) is 33.5 Å². The lowest BCUT2D eigenvalue weighted by molar-refractivity contribution is -0.138. The van der Waals surface area contributed by atoms with E-state index in [-0.39, 0.29) is 21.0 Å². The first-order valence-electron chi connectivity index (χ1n) is 4.27. The third-order valence-electron chi connectivity index (χ3n) is 1.82. The van der Waals surface area contributed by atoms with Crippen LogP contribution in [0.3, 0.4) is 0 Å². The van der Waals surface area contributed by atoms with Gasteiger partial charge in [0.1, 0.15) is 11.3 Å². The number of nitrogens with two attached hydrogens (primary N) is 1. The van der Waals surface area contributed by atoms with Crippen LogP contribution < -0.4 is 15.8 Å². The van der Waals surface area contributed by atoms with Crippen LogP contribution in [0.1, 0.15) is 5.56 Å². The maximum atomic E-state index is 12.7. The van der Waals surface area contributed by atoms with Crippen molar-refractivity contribution in [1.82, 2.24) is 0 Å². The molecule has 1 rings (SSSR count). The molecule has 0 bridgehead atoms. The number of nitrogens with one attached hydrogen (secondary N) is 1. The minimum Gasteiger partial charge on any atom is -0.495 e. The Hall–Kier alpha value is -1.02. The van der Waals surface area contributed by atoms with Crippen molar-refractivity contribution in [3.8, 4) is 5.75 Å². The third-order valence-corrected chi connectivity index (χ3v) is 2.51. The third kappa shape index (κ3) is 3.47. The number of benzene rings is 1. The molecule has 0 aliphatic rings. The molecule has 0 amide bonds. The van der Waals surface area contributed by atoms with E-state index in [1.54, 1.807) is 0 Å². The minimum atomic E-state index is -4.53. The van der Waals surface area contributed by atoms with E-state index < -0.39 is 11.7 Å². The molecular weight excluding hydrogens is 321 g/mol. The lowest BCUT2D eigenvalue weighted by atomic mass is 10.1. The maximum absolute atomic E-state index is 12.7. The lowest BCUT2D eigenvalue weighted by Crippen LogP contribution is -2.19. The number of hydrogen-bond acceptors (Lipinski definition) is 2. The Morgan fingerprint density at radius 1 is 1.47 bits per heavy atom. The topological polar surface area (TPSA) is 47.3 Å². The molecule has 3 N–H and O–H groups in total. The largest absolute Gasteiger partial charge is 0.495 e. The van der Waals surface area contributed by atoms with Crippen LogP contribution in [0.2, 0.25) is 0 Å². The van der Waals surface area contributed by atoms with Crippen molar-refractivity contribution in [2.75, 3.05) is 12.4 Å². The highest BCUT2D eigenvalue weighted by molar-refractivity contribution is 9.10. The summed E-state index contributed by atoms with van der Waals surface area (Å²) in [6, 6.07) is 2.27. The van der Waals surface area contributed by atoms with Crippen LogP contribution >= 0.6 is 28.1 Å². The van der Waals surface area contributed by atoms with Crippen molar-refractivity contribution < 1.29 is 17.9 Å².